The van der Waals surface area contributed by atoms with Crippen molar-refractivity contribution in [3.63, 3.8) is 0 Å². The molecule has 0 radical (unpaired) electrons. The summed E-state index contributed by atoms with van der Waals surface area (Å²) in [6.45, 7) is 7.92. The van der Waals surface area contributed by atoms with Crippen molar-refractivity contribution in [1.82, 2.24) is 14.9 Å². The Morgan fingerprint density at radius 1 is 1.43 bits per heavy atom. The van der Waals surface area contributed by atoms with Gasteiger partial charge in [0.2, 0.25) is 0 Å². The number of unbranched alkanes of at least 4 members (excludes halogenated alkanes) is 1. The molecule has 0 spiro atoms. The summed E-state index contributed by atoms with van der Waals surface area (Å²) >= 11 is 0. The minimum atomic E-state index is 0.0495. The molecule has 5 heteroatoms. The van der Waals surface area contributed by atoms with Gasteiger partial charge in [0.25, 0.3) is 5.56 Å². The van der Waals surface area contributed by atoms with Gasteiger partial charge in [0.1, 0.15) is 0 Å². The summed E-state index contributed by atoms with van der Waals surface area (Å²) in [6, 6.07) is 0.489. The van der Waals surface area contributed by atoms with Gasteiger partial charge in [0.15, 0.2) is 5.82 Å². The molecule has 1 atom stereocenters. The van der Waals surface area contributed by atoms with Crippen molar-refractivity contribution >= 4 is 5.82 Å². The third-order valence-corrected chi connectivity index (χ3v) is 4.04. The van der Waals surface area contributed by atoms with E-state index in [0.29, 0.717) is 11.9 Å². The van der Waals surface area contributed by atoms with Gasteiger partial charge in [0.05, 0.1) is 0 Å². The van der Waals surface area contributed by atoms with Crippen molar-refractivity contribution in [3.8, 4) is 0 Å². The minimum Gasteiger partial charge on any atom is -0.350 e. The van der Waals surface area contributed by atoms with Gasteiger partial charge in [-0.2, -0.15) is 0 Å². The average Bonchev–Trinajstić information content (AvgIpc) is 2.99. The Hall–Kier alpha value is -1.36. The van der Waals surface area contributed by atoms with Crippen LogP contribution in [-0.2, 0) is 6.54 Å². The maximum Gasteiger partial charge on any atom is 0.293 e. The first-order valence-corrected chi connectivity index (χ1v) is 8.30. The fraction of sp³-hybridized carbons (Fsp3) is 0.750. The summed E-state index contributed by atoms with van der Waals surface area (Å²) in [5.41, 5.74) is 0.0495. The largest absolute Gasteiger partial charge is 0.350 e. The van der Waals surface area contributed by atoms with Crippen LogP contribution >= 0.6 is 0 Å². The van der Waals surface area contributed by atoms with E-state index in [1.165, 1.54) is 12.8 Å². The third-order valence-electron chi connectivity index (χ3n) is 4.04. The van der Waals surface area contributed by atoms with E-state index in [0.717, 1.165) is 45.4 Å². The van der Waals surface area contributed by atoms with Crippen LogP contribution in [-0.4, -0.2) is 35.2 Å². The Kier molecular flexibility index (Phi) is 6.23. The number of nitrogens with zero attached hydrogens (tertiary/aromatic N) is 3. The van der Waals surface area contributed by atoms with Crippen LogP contribution in [0.3, 0.4) is 0 Å². The number of rotatable bonds is 8. The SMILES string of the molecule is CCCCN(CC1CCCN1)c1nccn(CCC)c1=O. The van der Waals surface area contributed by atoms with E-state index in [-0.39, 0.29) is 5.56 Å². The number of nitrogens with one attached hydrogen (secondary N) is 1. The standard InChI is InChI=1S/C16H28N4O/c1-3-5-11-20(13-14-7-6-8-17-14)15-16(21)19(10-4-2)12-9-18-15/h9,12,14,17H,3-8,10-11,13H2,1-2H3. The van der Waals surface area contributed by atoms with Gasteiger partial charge in [-0.25, -0.2) is 4.98 Å². The van der Waals surface area contributed by atoms with Gasteiger partial charge < -0.3 is 14.8 Å². The fourth-order valence-electron chi connectivity index (χ4n) is 2.88. The highest BCUT2D eigenvalue weighted by molar-refractivity contribution is 5.36. The van der Waals surface area contributed by atoms with Gasteiger partial charge in [-0.05, 0) is 32.2 Å². The molecule has 1 unspecified atom stereocenters. The molecule has 0 saturated carbocycles. The molecule has 1 saturated heterocycles. The summed E-state index contributed by atoms with van der Waals surface area (Å²) in [5.74, 6) is 0.619. The van der Waals surface area contributed by atoms with Crippen LogP contribution in [0.25, 0.3) is 0 Å². The average molecular weight is 292 g/mol. The smallest absolute Gasteiger partial charge is 0.293 e. The molecular weight excluding hydrogens is 264 g/mol. The molecule has 21 heavy (non-hydrogen) atoms. The fourth-order valence-corrected chi connectivity index (χ4v) is 2.88. The third kappa shape index (κ3) is 4.30. The van der Waals surface area contributed by atoms with Crippen molar-refractivity contribution in [2.24, 2.45) is 0 Å². The van der Waals surface area contributed by atoms with E-state index in [1.54, 1.807) is 17.0 Å². The summed E-state index contributed by atoms with van der Waals surface area (Å²) in [7, 11) is 0. The number of hydrogen-bond donors (Lipinski definition) is 1. The van der Waals surface area contributed by atoms with E-state index in [1.807, 2.05) is 0 Å². The lowest BCUT2D eigenvalue weighted by atomic mass is 10.2. The molecule has 1 aliphatic heterocycles. The Bertz CT molecular complexity index is 479. The van der Waals surface area contributed by atoms with Gasteiger partial charge in [0, 0.05) is 38.1 Å². The van der Waals surface area contributed by atoms with Crippen molar-refractivity contribution in [2.45, 2.75) is 58.5 Å². The molecule has 1 aromatic heterocycles. The zero-order chi connectivity index (χ0) is 15.1. The highest BCUT2D eigenvalue weighted by atomic mass is 16.1. The zero-order valence-electron chi connectivity index (χ0n) is 13.3. The summed E-state index contributed by atoms with van der Waals surface area (Å²) in [6.07, 6.45) is 9.16. The van der Waals surface area contributed by atoms with Crippen LogP contribution < -0.4 is 15.8 Å². The quantitative estimate of drug-likeness (QED) is 0.796. The van der Waals surface area contributed by atoms with Gasteiger partial charge >= 0.3 is 0 Å². The summed E-state index contributed by atoms with van der Waals surface area (Å²) < 4.78 is 1.78. The second kappa shape index (κ2) is 8.17. The van der Waals surface area contributed by atoms with E-state index in [4.69, 9.17) is 0 Å². The van der Waals surface area contributed by atoms with Crippen molar-refractivity contribution in [2.75, 3.05) is 24.5 Å². The molecule has 0 bridgehead atoms. The van der Waals surface area contributed by atoms with Gasteiger partial charge in [-0.1, -0.05) is 20.3 Å². The van der Waals surface area contributed by atoms with E-state index < -0.39 is 0 Å². The maximum atomic E-state index is 12.6. The normalized spacial score (nSPS) is 18.1. The molecule has 1 aromatic rings. The molecule has 2 heterocycles. The lowest BCUT2D eigenvalue weighted by Crippen LogP contribution is -2.42. The van der Waals surface area contributed by atoms with E-state index >= 15 is 0 Å². The lowest BCUT2D eigenvalue weighted by molar-refractivity contribution is 0.562. The first-order valence-electron chi connectivity index (χ1n) is 8.30. The van der Waals surface area contributed by atoms with Crippen LogP contribution in [0, 0.1) is 0 Å². The predicted molar refractivity (Wildman–Crippen MR) is 86.9 cm³/mol. The Morgan fingerprint density at radius 2 is 2.29 bits per heavy atom. The topological polar surface area (TPSA) is 50.2 Å². The predicted octanol–water partition coefficient (Wildman–Crippen LogP) is 2.01. The highest BCUT2D eigenvalue weighted by Gasteiger charge is 2.20. The van der Waals surface area contributed by atoms with Crippen molar-refractivity contribution < 1.29 is 0 Å². The number of anilines is 1. The summed E-state index contributed by atoms with van der Waals surface area (Å²) in [5, 5.41) is 3.51. The lowest BCUT2D eigenvalue weighted by Gasteiger charge is -2.26. The van der Waals surface area contributed by atoms with E-state index in [9.17, 15) is 4.79 Å². The molecule has 1 N–H and O–H groups in total. The van der Waals surface area contributed by atoms with Crippen LogP contribution in [0.4, 0.5) is 5.82 Å². The summed E-state index contributed by atoms with van der Waals surface area (Å²) in [4.78, 5) is 19.1. The van der Waals surface area contributed by atoms with Crippen LogP contribution in [0.2, 0.25) is 0 Å². The number of aromatic nitrogens is 2. The molecule has 5 nitrogen and oxygen atoms in total. The Morgan fingerprint density at radius 3 is 2.95 bits per heavy atom. The van der Waals surface area contributed by atoms with E-state index in [2.05, 4.69) is 29.0 Å². The molecule has 1 fully saturated rings. The molecule has 0 amide bonds. The molecule has 2 rings (SSSR count). The number of aryl methyl sites for hydroxylation is 1. The second-order valence-electron chi connectivity index (χ2n) is 5.84. The Labute approximate surface area is 127 Å². The monoisotopic (exact) mass is 292 g/mol. The van der Waals surface area contributed by atoms with Gasteiger partial charge in [-0.15, -0.1) is 0 Å². The number of hydrogen-bond acceptors (Lipinski definition) is 4. The molecule has 118 valence electrons. The minimum absolute atomic E-state index is 0.0495. The molecule has 0 aliphatic carbocycles. The first kappa shape index (κ1) is 16.0. The van der Waals surface area contributed by atoms with Gasteiger partial charge in [-0.3, -0.25) is 4.79 Å². The van der Waals surface area contributed by atoms with Crippen molar-refractivity contribution in [1.29, 1.82) is 0 Å². The van der Waals surface area contributed by atoms with Crippen LogP contribution in [0.5, 0.6) is 0 Å². The highest BCUT2D eigenvalue weighted by Crippen LogP contribution is 2.12. The molecular formula is C16H28N4O. The second-order valence-corrected chi connectivity index (χ2v) is 5.84. The maximum absolute atomic E-state index is 12.6. The zero-order valence-corrected chi connectivity index (χ0v) is 13.3. The Balaban J connectivity index is 2.18. The van der Waals surface area contributed by atoms with Crippen LogP contribution in [0.1, 0.15) is 46.0 Å². The molecule has 1 aliphatic rings. The van der Waals surface area contributed by atoms with Crippen LogP contribution in [0.15, 0.2) is 17.2 Å². The first-order chi connectivity index (χ1) is 10.3. The van der Waals surface area contributed by atoms with Crippen molar-refractivity contribution in [3.05, 3.63) is 22.7 Å². The molecule has 0 aromatic carbocycles.